The van der Waals surface area contributed by atoms with Gasteiger partial charge >= 0.3 is 5.97 Å². The van der Waals surface area contributed by atoms with Crippen molar-refractivity contribution in [3.8, 4) is 22.9 Å². The summed E-state index contributed by atoms with van der Waals surface area (Å²) in [6, 6.07) is 21.5. The minimum Gasteiger partial charge on any atom is -0.423 e. The number of hydrogen-bond acceptors (Lipinski definition) is 5. The Balaban J connectivity index is 1.43. The molecule has 1 aliphatic heterocycles. The summed E-state index contributed by atoms with van der Waals surface area (Å²) >= 11 is 5.54. The Labute approximate surface area is 204 Å². The molecule has 0 spiro atoms. The SMILES string of the molecule is CCCCCCN1C(=O)c2ccc(C(=O)Oc3ccc(-c4ccc(C#N)cc4)cc3)cc2C1=S. The maximum Gasteiger partial charge on any atom is 0.343 e. The molecule has 0 unspecified atom stereocenters. The summed E-state index contributed by atoms with van der Waals surface area (Å²) in [6.45, 7) is 2.74. The summed E-state index contributed by atoms with van der Waals surface area (Å²) < 4.78 is 5.54. The molecule has 5 nitrogen and oxygen atoms in total. The highest BCUT2D eigenvalue weighted by molar-refractivity contribution is 7.80. The molecule has 4 rings (SSSR count). The number of fused-ring (bicyclic) bond motifs is 1. The van der Waals surface area contributed by atoms with Crippen molar-refractivity contribution in [1.82, 2.24) is 4.90 Å². The number of thiocarbonyl (C=S) groups is 1. The van der Waals surface area contributed by atoms with Gasteiger partial charge in [-0.05, 0) is 60.0 Å². The second-order valence-corrected chi connectivity index (χ2v) is 8.57. The van der Waals surface area contributed by atoms with E-state index in [1.54, 1.807) is 47.4 Å². The van der Waals surface area contributed by atoms with Gasteiger partial charge < -0.3 is 4.74 Å². The molecule has 0 fully saturated rings. The molecule has 0 N–H and O–H groups in total. The molecular formula is C28H24N2O3S. The molecule has 0 aromatic heterocycles. The lowest BCUT2D eigenvalue weighted by Crippen LogP contribution is -2.30. The molecule has 1 heterocycles. The number of esters is 1. The van der Waals surface area contributed by atoms with E-state index in [1.165, 1.54) is 0 Å². The Hall–Kier alpha value is -3.82. The van der Waals surface area contributed by atoms with E-state index in [9.17, 15) is 9.59 Å². The Morgan fingerprint density at radius 3 is 2.26 bits per heavy atom. The predicted octanol–water partition coefficient (Wildman–Crippen LogP) is 6.16. The number of nitriles is 1. The van der Waals surface area contributed by atoms with E-state index < -0.39 is 5.97 Å². The van der Waals surface area contributed by atoms with Gasteiger partial charge in [-0.1, -0.05) is 62.7 Å². The fraction of sp³-hybridized carbons (Fsp3) is 0.214. The molecule has 0 radical (unpaired) electrons. The van der Waals surface area contributed by atoms with Gasteiger partial charge in [0.2, 0.25) is 0 Å². The third kappa shape index (κ3) is 4.90. The van der Waals surface area contributed by atoms with E-state index in [1.807, 2.05) is 24.3 Å². The van der Waals surface area contributed by atoms with Gasteiger partial charge in [0.15, 0.2) is 0 Å². The first-order chi connectivity index (χ1) is 16.5. The molecule has 170 valence electrons. The zero-order valence-electron chi connectivity index (χ0n) is 18.9. The Kier molecular flexibility index (Phi) is 7.15. The molecule has 0 saturated carbocycles. The van der Waals surface area contributed by atoms with Crippen molar-refractivity contribution in [3.63, 3.8) is 0 Å². The summed E-state index contributed by atoms with van der Waals surface area (Å²) in [6.07, 6.45) is 4.22. The minimum atomic E-state index is -0.509. The van der Waals surface area contributed by atoms with Crippen LogP contribution in [-0.4, -0.2) is 28.3 Å². The molecule has 0 bridgehead atoms. The Morgan fingerprint density at radius 2 is 1.62 bits per heavy atom. The van der Waals surface area contributed by atoms with Crippen LogP contribution in [0.15, 0.2) is 66.7 Å². The van der Waals surface area contributed by atoms with E-state index in [4.69, 9.17) is 22.2 Å². The molecule has 0 atom stereocenters. The smallest absolute Gasteiger partial charge is 0.343 e. The van der Waals surface area contributed by atoms with E-state index in [0.717, 1.165) is 36.8 Å². The first-order valence-electron chi connectivity index (χ1n) is 11.3. The molecule has 1 amide bonds. The molecule has 6 heteroatoms. The number of nitrogens with zero attached hydrogens (tertiary/aromatic N) is 2. The molecule has 1 aliphatic rings. The van der Waals surface area contributed by atoms with Crippen LogP contribution in [-0.2, 0) is 0 Å². The summed E-state index contributed by atoms with van der Waals surface area (Å²) in [5.41, 5.74) is 4.00. The van der Waals surface area contributed by atoms with Crippen molar-refractivity contribution in [1.29, 1.82) is 5.26 Å². The fourth-order valence-corrected chi connectivity index (χ4v) is 4.28. The van der Waals surface area contributed by atoms with Crippen molar-refractivity contribution in [2.75, 3.05) is 6.54 Å². The van der Waals surface area contributed by atoms with E-state index >= 15 is 0 Å². The van der Waals surface area contributed by atoms with Crippen LogP contribution in [0.5, 0.6) is 5.75 Å². The van der Waals surface area contributed by atoms with Crippen LogP contribution in [0, 0.1) is 11.3 Å². The van der Waals surface area contributed by atoms with Crippen molar-refractivity contribution < 1.29 is 14.3 Å². The maximum atomic E-state index is 12.8. The predicted molar refractivity (Wildman–Crippen MR) is 135 cm³/mol. The molecular weight excluding hydrogens is 444 g/mol. The minimum absolute atomic E-state index is 0.102. The van der Waals surface area contributed by atoms with Gasteiger partial charge in [0.05, 0.1) is 22.8 Å². The number of rotatable bonds is 8. The van der Waals surface area contributed by atoms with Crippen LogP contribution in [0.25, 0.3) is 11.1 Å². The van der Waals surface area contributed by atoms with Crippen LogP contribution in [0.4, 0.5) is 0 Å². The Bertz CT molecular complexity index is 1270. The number of ether oxygens (including phenoxy) is 1. The number of amides is 1. The Morgan fingerprint density at radius 1 is 0.941 bits per heavy atom. The van der Waals surface area contributed by atoms with Crippen LogP contribution in [0.1, 0.15) is 64.4 Å². The summed E-state index contributed by atoms with van der Waals surface area (Å²) in [5, 5.41) is 8.93. The normalized spacial score (nSPS) is 12.4. The zero-order chi connectivity index (χ0) is 24.1. The van der Waals surface area contributed by atoms with Gasteiger partial charge in [-0.2, -0.15) is 5.26 Å². The molecule has 3 aromatic carbocycles. The third-order valence-corrected chi connectivity index (χ3v) is 6.29. The number of carbonyl (C=O) groups is 2. The number of hydrogen-bond donors (Lipinski definition) is 0. The van der Waals surface area contributed by atoms with Gasteiger partial charge in [0.25, 0.3) is 5.91 Å². The lowest BCUT2D eigenvalue weighted by molar-refractivity contribution is 0.0733. The largest absolute Gasteiger partial charge is 0.423 e. The highest BCUT2D eigenvalue weighted by atomic mass is 32.1. The quantitative estimate of drug-likeness (QED) is 0.171. The van der Waals surface area contributed by atoms with E-state index in [0.29, 0.717) is 39.5 Å². The van der Waals surface area contributed by atoms with Gasteiger partial charge in [-0.3, -0.25) is 9.69 Å². The van der Waals surface area contributed by atoms with Gasteiger partial charge in [0, 0.05) is 12.1 Å². The third-order valence-electron chi connectivity index (χ3n) is 5.85. The maximum absolute atomic E-state index is 12.8. The summed E-state index contributed by atoms with van der Waals surface area (Å²) in [4.78, 5) is 27.6. The van der Waals surface area contributed by atoms with Crippen LogP contribution >= 0.6 is 12.2 Å². The topological polar surface area (TPSA) is 70.4 Å². The van der Waals surface area contributed by atoms with Crippen molar-refractivity contribution in [2.24, 2.45) is 0 Å². The summed E-state index contributed by atoms with van der Waals surface area (Å²) in [5.74, 6) is -0.195. The van der Waals surface area contributed by atoms with Crippen molar-refractivity contribution >= 4 is 29.1 Å². The van der Waals surface area contributed by atoms with Gasteiger partial charge in [0.1, 0.15) is 10.7 Å². The first-order valence-corrected chi connectivity index (χ1v) is 11.8. The average Bonchev–Trinajstić information content (AvgIpc) is 3.11. The fourth-order valence-electron chi connectivity index (χ4n) is 3.94. The van der Waals surface area contributed by atoms with Crippen molar-refractivity contribution in [3.05, 3.63) is 89.0 Å². The zero-order valence-corrected chi connectivity index (χ0v) is 19.7. The molecule has 3 aromatic rings. The molecule has 0 aliphatic carbocycles. The lowest BCUT2D eigenvalue weighted by atomic mass is 10.0. The van der Waals surface area contributed by atoms with Crippen LogP contribution < -0.4 is 4.74 Å². The van der Waals surface area contributed by atoms with E-state index in [-0.39, 0.29) is 5.91 Å². The average molecular weight is 469 g/mol. The summed E-state index contributed by atoms with van der Waals surface area (Å²) in [7, 11) is 0. The second kappa shape index (κ2) is 10.4. The monoisotopic (exact) mass is 468 g/mol. The van der Waals surface area contributed by atoms with Crippen LogP contribution in [0.3, 0.4) is 0 Å². The second-order valence-electron chi connectivity index (χ2n) is 8.19. The highest BCUT2D eigenvalue weighted by Gasteiger charge is 2.32. The van der Waals surface area contributed by atoms with Crippen LogP contribution in [0.2, 0.25) is 0 Å². The molecule has 0 saturated heterocycles. The van der Waals surface area contributed by atoms with Gasteiger partial charge in [-0.25, -0.2) is 4.79 Å². The number of benzene rings is 3. The molecule has 34 heavy (non-hydrogen) atoms. The van der Waals surface area contributed by atoms with Crippen molar-refractivity contribution in [2.45, 2.75) is 32.6 Å². The van der Waals surface area contributed by atoms with Gasteiger partial charge in [-0.15, -0.1) is 0 Å². The standard InChI is InChI=1S/C28H24N2O3S/c1-2-3-4-5-16-30-26(31)24-15-12-22(17-25(24)27(30)34)28(32)33-23-13-10-21(11-14-23)20-8-6-19(18-29)7-9-20/h6-15,17H,2-5,16H2,1H3. The number of carbonyl (C=O) groups excluding carboxylic acids is 2. The highest BCUT2D eigenvalue weighted by Crippen LogP contribution is 2.27. The lowest BCUT2D eigenvalue weighted by Gasteiger charge is -2.15. The number of unbranched alkanes of at least 4 members (excludes halogenated alkanes) is 3. The first kappa shape index (κ1) is 23.3. The van der Waals surface area contributed by atoms with E-state index in [2.05, 4.69) is 13.0 Å².